The lowest BCUT2D eigenvalue weighted by molar-refractivity contribution is -0.114. The number of carbonyl (C=O) groups excluding carboxylic acids is 3. The van der Waals surface area contributed by atoms with Gasteiger partial charge < -0.3 is 20.7 Å². The molecule has 0 heterocycles. The van der Waals surface area contributed by atoms with Gasteiger partial charge >= 0.3 is 0 Å². The largest absolute Gasteiger partial charge is 0.489 e. The maximum Gasteiger partial charge on any atom is 0.272 e. The summed E-state index contributed by atoms with van der Waals surface area (Å²) in [7, 11) is -3.83. The van der Waals surface area contributed by atoms with Crippen molar-refractivity contribution in [2.45, 2.75) is 16.4 Å². The van der Waals surface area contributed by atoms with Gasteiger partial charge in [-0.2, -0.15) is 0 Å². The predicted molar refractivity (Wildman–Crippen MR) is 191 cm³/mol. The number of ether oxygens (including phenoxy) is 1. The Morgan fingerprint density at radius 3 is 2.08 bits per heavy atom. The van der Waals surface area contributed by atoms with E-state index in [-0.39, 0.29) is 22.3 Å². The molecule has 5 aromatic carbocycles. The van der Waals surface area contributed by atoms with Crippen LogP contribution in [0, 0.1) is 0 Å². The van der Waals surface area contributed by atoms with E-state index in [9.17, 15) is 22.8 Å². The van der Waals surface area contributed by atoms with Crippen LogP contribution in [0.4, 0.5) is 11.4 Å². The molecule has 0 saturated carbocycles. The van der Waals surface area contributed by atoms with Crippen LogP contribution in [0.25, 0.3) is 6.08 Å². The second-order valence-corrected chi connectivity index (χ2v) is 13.2. The highest BCUT2D eigenvalue weighted by atomic mass is 32.2. The second kappa shape index (κ2) is 16.4. The van der Waals surface area contributed by atoms with Gasteiger partial charge in [-0.15, -0.1) is 11.8 Å². The molecule has 0 aromatic heterocycles. The highest BCUT2D eigenvalue weighted by Crippen LogP contribution is 2.23. The summed E-state index contributed by atoms with van der Waals surface area (Å²) in [4.78, 5) is 39.8. The van der Waals surface area contributed by atoms with Crippen molar-refractivity contribution in [2.75, 3.05) is 16.4 Å². The van der Waals surface area contributed by atoms with E-state index in [1.807, 2.05) is 30.3 Å². The van der Waals surface area contributed by atoms with Gasteiger partial charge in [0.05, 0.1) is 10.6 Å². The Morgan fingerprint density at radius 2 is 1.41 bits per heavy atom. The van der Waals surface area contributed by atoms with Crippen LogP contribution in [-0.2, 0) is 26.2 Å². The molecular weight excluding hydrogens is 661 g/mol. The van der Waals surface area contributed by atoms with Crippen molar-refractivity contribution in [2.24, 2.45) is 5.14 Å². The Hall–Kier alpha value is -5.69. The lowest BCUT2D eigenvalue weighted by atomic mass is 10.1. The number of hydrogen-bond donors (Lipinski definition) is 4. The molecule has 0 aliphatic heterocycles. The van der Waals surface area contributed by atoms with Crippen molar-refractivity contribution in [1.29, 1.82) is 0 Å². The quantitative estimate of drug-likeness (QED) is 0.0864. The molecule has 12 heteroatoms. The van der Waals surface area contributed by atoms with Crippen molar-refractivity contribution in [3.8, 4) is 5.75 Å². The zero-order valence-electron chi connectivity index (χ0n) is 26.0. The monoisotopic (exact) mass is 692 g/mol. The molecule has 0 atom stereocenters. The molecule has 0 radical (unpaired) electrons. The van der Waals surface area contributed by atoms with Gasteiger partial charge in [-0.05, 0) is 83.9 Å². The van der Waals surface area contributed by atoms with Crippen molar-refractivity contribution >= 4 is 57.0 Å². The Morgan fingerprint density at radius 1 is 0.735 bits per heavy atom. The number of sulfonamides is 1. The SMILES string of the molecule is NS(=O)(=O)c1ccc(NC(=O)CSc2cccc(NC(=O)/C(=C/c3ccc(OCc4ccccc4)cc3)NC(=O)c3ccccc3)c2)cc1. The average molecular weight is 693 g/mol. The van der Waals surface area contributed by atoms with Crippen molar-refractivity contribution in [1.82, 2.24) is 5.32 Å². The van der Waals surface area contributed by atoms with Crippen LogP contribution < -0.4 is 25.8 Å². The molecule has 10 nitrogen and oxygen atoms in total. The first-order valence-electron chi connectivity index (χ1n) is 14.9. The number of thioether (sulfide) groups is 1. The molecular formula is C37H32N4O6S2. The number of rotatable bonds is 13. The topological polar surface area (TPSA) is 157 Å². The van der Waals surface area contributed by atoms with E-state index in [2.05, 4.69) is 16.0 Å². The first kappa shape index (κ1) is 34.6. The van der Waals surface area contributed by atoms with E-state index >= 15 is 0 Å². The highest BCUT2D eigenvalue weighted by Gasteiger charge is 2.16. The molecule has 0 fully saturated rings. The fourth-order valence-corrected chi connectivity index (χ4v) is 5.72. The minimum atomic E-state index is -3.83. The molecule has 5 aromatic rings. The lowest BCUT2D eigenvalue weighted by Gasteiger charge is -2.12. The van der Waals surface area contributed by atoms with Gasteiger partial charge in [0.1, 0.15) is 18.1 Å². The third-order valence-electron chi connectivity index (χ3n) is 6.90. The summed E-state index contributed by atoms with van der Waals surface area (Å²) in [5, 5.41) is 13.4. The summed E-state index contributed by atoms with van der Waals surface area (Å²) in [6.07, 6.45) is 1.58. The standard InChI is InChI=1S/C37H32N4O6S2/c38-49(45,46)33-20-16-29(17-21-33)39-35(42)25-48-32-13-7-12-30(23-32)40-37(44)34(41-36(43)28-10-5-2-6-11-28)22-26-14-18-31(19-15-26)47-24-27-8-3-1-4-9-27/h1-23H,24-25H2,(H,39,42)(H,40,44)(H,41,43)(H2,38,45,46)/b34-22-. The molecule has 0 aliphatic carbocycles. The highest BCUT2D eigenvalue weighted by molar-refractivity contribution is 8.00. The molecule has 5 N–H and O–H groups in total. The number of anilines is 2. The zero-order valence-corrected chi connectivity index (χ0v) is 27.7. The number of benzene rings is 5. The van der Waals surface area contributed by atoms with E-state index in [1.165, 1.54) is 36.0 Å². The summed E-state index contributed by atoms with van der Waals surface area (Å²) >= 11 is 1.24. The maximum atomic E-state index is 13.5. The van der Waals surface area contributed by atoms with Crippen molar-refractivity contribution in [3.05, 3.63) is 156 Å². The van der Waals surface area contributed by atoms with Crippen LogP contribution in [0.3, 0.4) is 0 Å². The van der Waals surface area contributed by atoms with Crippen LogP contribution in [0.15, 0.2) is 149 Å². The van der Waals surface area contributed by atoms with Crippen LogP contribution in [-0.4, -0.2) is 31.9 Å². The molecule has 248 valence electrons. The molecule has 3 amide bonds. The molecule has 5 rings (SSSR count). The Balaban J connectivity index is 1.24. The van der Waals surface area contributed by atoms with Gasteiger partial charge in [0.15, 0.2) is 0 Å². The Bertz CT molecular complexity index is 2050. The maximum absolute atomic E-state index is 13.5. The van der Waals surface area contributed by atoms with Gasteiger partial charge in [0.25, 0.3) is 11.8 Å². The summed E-state index contributed by atoms with van der Waals surface area (Å²) in [6, 6.07) is 38.0. The summed E-state index contributed by atoms with van der Waals surface area (Å²) in [5.74, 6) is -0.593. The van der Waals surface area contributed by atoms with E-state index in [0.717, 1.165) is 5.56 Å². The second-order valence-electron chi connectivity index (χ2n) is 10.6. The average Bonchev–Trinajstić information content (AvgIpc) is 3.11. The number of hydrogen-bond acceptors (Lipinski definition) is 7. The predicted octanol–water partition coefficient (Wildman–Crippen LogP) is 6.05. The molecule has 0 saturated heterocycles. The van der Waals surface area contributed by atoms with Crippen LogP contribution in [0.1, 0.15) is 21.5 Å². The summed E-state index contributed by atoms with van der Waals surface area (Å²) in [5.41, 5.74) is 3.00. The third kappa shape index (κ3) is 10.7. The molecule has 0 spiro atoms. The first-order valence-corrected chi connectivity index (χ1v) is 17.5. The number of primary sulfonamides is 1. The molecule has 0 aliphatic rings. The van der Waals surface area contributed by atoms with Crippen LogP contribution >= 0.6 is 11.8 Å². The normalized spacial score (nSPS) is 11.3. The first-order chi connectivity index (χ1) is 23.6. The van der Waals surface area contributed by atoms with E-state index < -0.39 is 21.8 Å². The minimum Gasteiger partial charge on any atom is -0.489 e. The fraction of sp³-hybridized carbons (Fsp3) is 0.0541. The third-order valence-corrected chi connectivity index (χ3v) is 8.82. The number of carbonyl (C=O) groups is 3. The van der Waals surface area contributed by atoms with E-state index in [4.69, 9.17) is 9.88 Å². The van der Waals surface area contributed by atoms with Gasteiger partial charge in [-0.1, -0.05) is 66.7 Å². The minimum absolute atomic E-state index is 0.0256. The summed E-state index contributed by atoms with van der Waals surface area (Å²) < 4.78 is 28.8. The summed E-state index contributed by atoms with van der Waals surface area (Å²) in [6.45, 7) is 0.413. The zero-order chi connectivity index (χ0) is 34.6. The number of amides is 3. The lowest BCUT2D eigenvalue weighted by Crippen LogP contribution is -2.30. The van der Waals surface area contributed by atoms with E-state index in [0.29, 0.717) is 39.8 Å². The van der Waals surface area contributed by atoms with Gasteiger partial charge in [0, 0.05) is 21.8 Å². The van der Waals surface area contributed by atoms with E-state index in [1.54, 1.807) is 84.9 Å². The number of nitrogens with two attached hydrogens (primary N) is 1. The van der Waals surface area contributed by atoms with Gasteiger partial charge in [-0.3, -0.25) is 14.4 Å². The van der Waals surface area contributed by atoms with Crippen LogP contribution in [0.5, 0.6) is 5.75 Å². The smallest absolute Gasteiger partial charge is 0.272 e. The molecule has 0 unspecified atom stereocenters. The fourth-order valence-electron chi connectivity index (χ4n) is 4.45. The van der Waals surface area contributed by atoms with Crippen molar-refractivity contribution in [3.63, 3.8) is 0 Å². The molecule has 49 heavy (non-hydrogen) atoms. The van der Waals surface area contributed by atoms with Crippen LogP contribution in [0.2, 0.25) is 0 Å². The number of nitrogens with one attached hydrogen (secondary N) is 3. The Labute approximate surface area is 288 Å². The molecule has 0 bridgehead atoms. The Kier molecular flexibility index (Phi) is 11.6. The van der Waals surface area contributed by atoms with Gasteiger partial charge in [0.2, 0.25) is 15.9 Å². The van der Waals surface area contributed by atoms with Crippen molar-refractivity contribution < 1.29 is 27.5 Å². The van der Waals surface area contributed by atoms with Gasteiger partial charge in [-0.25, -0.2) is 13.6 Å².